The number of amides is 2. The van der Waals surface area contributed by atoms with Crippen LogP contribution in [0.25, 0.3) is 6.08 Å². The zero-order valence-corrected chi connectivity index (χ0v) is 20.0. The molecule has 0 unspecified atom stereocenters. The standard InChI is InChI=1S/C25H19BrClN3O4/c26-19-11-12-22(34-24(32)13-10-17-6-2-1-3-7-17)18(14-19)15-29-30-23(31)16-28-25(33)20-8-4-5-9-21(20)27/h1-15H,16H2,(H,28,33)(H,30,31). The normalized spacial score (nSPS) is 10.9. The maximum absolute atomic E-state index is 12.2. The van der Waals surface area contributed by atoms with Crippen molar-refractivity contribution in [2.75, 3.05) is 6.54 Å². The molecule has 0 saturated carbocycles. The first kappa shape index (κ1) is 24.9. The van der Waals surface area contributed by atoms with Crippen LogP contribution in [0.2, 0.25) is 5.02 Å². The SMILES string of the molecule is O=C(CNC(=O)c1ccccc1Cl)NN=Cc1cc(Br)ccc1OC(=O)C=Cc1ccccc1. The summed E-state index contributed by atoms with van der Waals surface area (Å²) in [6.07, 6.45) is 4.30. The molecule has 2 N–H and O–H groups in total. The van der Waals surface area contributed by atoms with Crippen LogP contribution >= 0.6 is 27.5 Å². The summed E-state index contributed by atoms with van der Waals surface area (Å²) >= 11 is 9.32. The Morgan fingerprint density at radius 3 is 2.50 bits per heavy atom. The Morgan fingerprint density at radius 1 is 1.00 bits per heavy atom. The molecule has 0 aromatic heterocycles. The largest absolute Gasteiger partial charge is 0.423 e. The summed E-state index contributed by atoms with van der Waals surface area (Å²) in [7, 11) is 0. The van der Waals surface area contributed by atoms with Gasteiger partial charge in [0.05, 0.1) is 23.3 Å². The van der Waals surface area contributed by atoms with E-state index in [-0.39, 0.29) is 22.9 Å². The summed E-state index contributed by atoms with van der Waals surface area (Å²) in [4.78, 5) is 36.4. The lowest BCUT2D eigenvalue weighted by atomic mass is 10.2. The number of hydrazone groups is 1. The summed E-state index contributed by atoms with van der Waals surface area (Å²) in [5.41, 5.74) is 3.90. The molecule has 0 radical (unpaired) electrons. The van der Waals surface area contributed by atoms with E-state index in [4.69, 9.17) is 16.3 Å². The Labute approximate surface area is 209 Å². The van der Waals surface area contributed by atoms with Gasteiger partial charge in [0.2, 0.25) is 0 Å². The number of esters is 1. The number of rotatable bonds is 8. The molecule has 3 aromatic rings. The highest BCUT2D eigenvalue weighted by Crippen LogP contribution is 2.22. The van der Waals surface area contributed by atoms with Crippen LogP contribution in [-0.4, -0.2) is 30.5 Å². The third kappa shape index (κ3) is 7.68. The summed E-state index contributed by atoms with van der Waals surface area (Å²) in [6, 6.07) is 20.8. The Kier molecular flexibility index (Phi) is 9.13. The average Bonchev–Trinajstić information content (AvgIpc) is 2.84. The van der Waals surface area contributed by atoms with E-state index in [1.54, 1.807) is 48.5 Å². The fraction of sp³-hybridized carbons (Fsp3) is 0.0400. The maximum atomic E-state index is 12.2. The van der Waals surface area contributed by atoms with Crippen molar-refractivity contribution in [2.24, 2.45) is 5.10 Å². The van der Waals surface area contributed by atoms with Gasteiger partial charge in [0.25, 0.3) is 11.8 Å². The molecule has 0 bridgehead atoms. The van der Waals surface area contributed by atoms with E-state index < -0.39 is 17.8 Å². The van der Waals surface area contributed by atoms with Crippen molar-refractivity contribution in [3.8, 4) is 5.75 Å². The highest BCUT2D eigenvalue weighted by molar-refractivity contribution is 9.10. The number of carbonyl (C=O) groups excluding carboxylic acids is 3. The fourth-order valence-corrected chi connectivity index (χ4v) is 3.30. The van der Waals surface area contributed by atoms with Gasteiger partial charge in [-0.1, -0.05) is 70.0 Å². The third-order valence-corrected chi connectivity index (χ3v) is 5.14. The maximum Gasteiger partial charge on any atom is 0.336 e. The zero-order valence-electron chi connectivity index (χ0n) is 17.7. The molecule has 0 aliphatic carbocycles. The van der Waals surface area contributed by atoms with Gasteiger partial charge in [-0.3, -0.25) is 9.59 Å². The molecule has 0 heterocycles. The average molecular weight is 541 g/mol. The third-order valence-electron chi connectivity index (χ3n) is 4.31. The molecule has 0 spiro atoms. The summed E-state index contributed by atoms with van der Waals surface area (Å²) in [5, 5.41) is 6.63. The van der Waals surface area contributed by atoms with Gasteiger partial charge in [-0.25, -0.2) is 10.2 Å². The van der Waals surface area contributed by atoms with Gasteiger partial charge >= 0.3 is 5.97 Å². The minimum absolute atomic E-state index is 0.260. The second kappa shape index (κ2) is 12.5. The van der Waals surface area contributed by atoms with Gasteiger partial charge in [0, 0.05) is 16.1 Å². The number of carbonyl (C=O) groups is 3. The van der Waals surface area contributed by atoms with Gasteiger partial charge < -0.3 is 10.1 Å². The topological polar surface area (TPSA) is 96.9 Å². The lowest BCUT2D eigenvalue weighted by Crippen LogP contribution is -2.35. The van der Waals surface area contributed by atoms with Gasteiger partial charge in [-0.2, -0.15) is 5.10 Å². The molecule has 0 atom stereocenters. The summed E-state index contributed by atoms with van der Waals surface area (Å²) < 4.78 is 6.13. The van der Waals surface area contributed by atoms with Crippen molar-refractivity contribution in [3.63, 3.8) is 0 Å². The van der Waals surface area contributed by atoms with Crippen molar-refractivity contribution in [1.82, 2.24) is 10.7 Å². The second-order valence-corrected chi connectivity index (χ2v) is 8.13. The van der Waals surface area contributed by atoms with Crippen molar-refractivity contribution in [1.29, 1.82) is 0 Å². The molecule has 2 amide bonds. The van der Waals surface area contributed by atoms with Gasteiger partial charge in [-0.05, 0) is 42.0 Å². The number of nitrogens with one attached hydrogen (secondary N) is 2. The molecule has 9 heteroatoms. The summed E-state index contributed by atoms with van der Waals surface area (Å²) in [5.74, 6) is -1.33. The first-order valence-corrected chi connectivity index (χ1v) is 11.2. The van der Waals surface area contributed by atoms with Crippen LogP contribution in [0.4, 0.5) is 0 Å². The number of benzene rings is 3. The minimum atomic E-state index is -0.563. The quantitative estimate of drug-likeness (QED) is 0.143. The Hall–Kier alpha value is -3.75. The molecule has 3 aromatic carbocycles. The molecule has 34 heavy (non-hydrogen) atoms. The van der Waals surface area contributed by atoms with Crippen molar-refractivity contribution in [3.05, 3.63) is 105 Å². The smallest absolute Gasteiger partial charge is 0.336 e. The molecule has 0 aliphatic heterocycles. The second-order valence-electron chi connectivity index (χ2n) is 6.80. The molecule has 3 rings (SSSR count). The summed E-state index contributed by atoms with van der Waals surface area (Å²) in [6.45, 7) is -0.300. The number of ether oxygens (including phenoxy) is 1. The Morgan fingerprint density at radius 2 is 1.74 bits per heavy atom. The van der Waals surface area contributed by atoms with E-state index in [2.05, 4.69) is 31.8 Å². The molecule has 0 fully saturated rings. The van der Waals surface area contributed by atoms with E-state index >= 15 is 0 Å². The minimum Gasteiger partial charge on any atom is -0.423 e. The number of nitrogens with zero attached hydrogens (tertiary/aromatic N) is 1. The van der Waals surface area contributed by atoms with E-state index in [0.717, 1.165) is 10.0 Å². The lowest BCUT2D eigenvalue weighted by molar-refractivity contribution is -0.129. The monoisotopic (exact) mass is 539 g/mol. The molecule has 0 aliphatic rings. The zero-order chi connectivity index (χ0) is 24.3. The Balaban J connectivity index is 1.56. The number of halogens is 2. The van der Waals surface area contributed by atoms with Crippen LogP contribution in [0.5, 0.6) is 5.75 Å². The molecule has 0 saturated heterocycles. The highest BCUT2D eigenvalue weighted by atomic mass is 79.9. The van der Waals surface area contributed by atoms with E-state index in [0.29, 0.717) is 5.56 Å². The van der Waals surface area contributed by atoms with E-state index in [1.807, 2.05) is 30.3 Å². The van der Waals surface area contributed by atoms with Crippen LogP contribution in [0.1, 0.15) is 21.5 Å². The van der Waals surface area contributed by atoms with E-state index in [1.165, 1.54) is 12.3 Å². The van der Waals surface area contributed by atoms with Crippen molar-refractivity contribution < 1.29 is 19.1 Å². The van der Waals surface area contributed by atoms with Gasteiger partial charge in [-0.15, -0.1) is 0 Å². The first-order valence-electron chi connectivity index (χ1n) is 10.0. The predicted molar refractivity (Wildman–Crippen MR) is 135 cm³/mol. The fourth-order valence-electron chi connectivity index (χ4n) is 2.70. The van der Waals surface area contributed by atoms with Gasteiger partial charge in [0.15, 0.2) is 0 Å². The molecule has 7 nitrogen and oxygen atoms in total. The molecular formula is C25H19BrClN3O4. The van der Waals surface area contributed by atoms with Crippen LogP contribution in [0.15, 0.2) is 88.4 Å². The van der Waals surface area contributed by atoms with Crippen LogP contribution in [0.3, 0.4) is 0 Å². The Bertz CT molecular complexity index is 1250. The van der Waals surface area contributed by atoms with Crippen LogP contribution < -0.4 is 15.5 Å². The van der Waals surface area contributed by atoms with Gasteiger partial charge in [0.1, 0.15) is 5.75 Å². The van der Waals surface area contributed by atoms with Crippen LogP contribution in [-0.2, 0) is 9.59 Å². The van der Waals surface area contributed by atoms with Crippen LogP contribution in [0, 0.1) is 0 Å². The molecular weight excluding hydrogens is 522 g/mol. The number of hydrogen-bond acceptors (Lipinski definition) is 5. The number of hydrogen-bond donors (Lipinski definition) is 2. The first-order chi connectivity index (χ1) is 16.4. The van der Waals surface area contributed by atoms with E-state index in [9.17, 15) is 14.4 Å². The van der Waals surface area contributed by atoms with Crippen molar-refractivity contribution >= 4 is 57.6 Å². The molecule has 172 valence electrons. The lowest BCUT2D eigenvalue weighted by Gasteiger charge is -2.07. The van der Waals surface area contributed by atoms with Crippen molar-refractivity contribution in [2.45, 2.75) is 0 Å². The predicted octanol–water partition coefficient (Wildman–Crippen LogP) is 4.60. The highest BCUT2D eigenvalue weighted by Gasteiger charge is 2.11.